The minimum absolute atomic E-state index is 2.32. The van der Waals surface area contributed by atoms with Gasteiger partial charge >= 0.3 is 18.4 Å². The number of alkyl halides is 5. The maximum absolute atomic E-state index is 11.9. The highest BCUT2D eigenvalue weighted by Gasteiger charge is 2.33. The second-order valence-corrected chi connectivity index (χ2v) is 1.78. The lowest BCUT2D eigenvalue weighted by Gasteiger charge is -2.05. The van der Waals surface area contributed by atoms with E-state index in [1.807, 2.05) is 0 Å². The van der Waals surface area contributed by atoms with Gasteiger partial charge < -0.3 is 4.74 Å². The molecule has 13 heavy (non-hydrogen) atoms. The molecule has 0 aliphatic rings. The Morgan fingerprint density at radius 2 is 1.38 bits per heavy atom. The van der Waals surface area contributed by atoms with Crippen LogP contribution in [0.15, 0.2) is 0 Å². The van der Waals surface area contributed by atoms with E-state index in [1.165, 1.54) is 0 Å². The third-order valence-electron chi connectivity index (χ3n) is 0.826. The largest absolute Gasteiger partial charge is 0.387 e. The number of esters is 2. The van der Waals surface area contributed by atoms with E-state index in [1.54, 1.807) is 0 Å². The zero-order valence-electron chi connectivity index (χ0n) is 5.85. The highest BCUT2D eigenvalue weighted by molar-refractivity contribution is 5.89. The maximum Gasteiger partial charge on any atom is 0.381 e. The Balaban J connectivity index is 4.08. The third kappa shape index (κ3) is 3.81. The fourth-order valence-corrected chi connectivity index (χ4v) is 0.303. The van der Waals surface area contributed by atoms with Crippen LogP contribution < -0.4 is 0 Å². The van der Waals surface area contributed by atoms with Gasteiger partial charge in [0.25, 0.3) is 12.6 Å². The van der Waals surface area contributed by atoms with Gasteiger partial charge in [0.1, 0.15) is 0 Å². The standard InChI is InChI=1S/C5H3F5O3/c6-1(2(7)8)4(11)13-5(12)3(9)10/h1-3H. The predicted molar refractivity (Wildman–Crippen MR) is 28.0 cm³/mol. The van der Waals surface area contributed by atoms with Crippen LogP contribution in [-0.4, -0.2) is 31.0 Å². The summed E-state index contributed by atoms with van der Waals surface area (Å²) in [7, 11) is 0. The van der Waals surface area contributed by atoms with Gasteiger partial charge in [0.15, 0.2) is 0 Å². The van der Waals surface area contributed by atoms with Gasteiger partial charge in [-0.3, -0.25) is 0 Å². The number of rotatable bonds is 3. The van der Waals surface area contributed by atoms with E-state index in [4.69, 9.17) is 0 Å². The molecule has 0 aliphatic heterocycles. The van der Waals surface area contributed by atoms with E-state index >= 15 is 0 Å². The first-order chi connectivity index (χ1) is 5.86. The van der Waals surface area contributed by atoms with Crippen LogP contribution >= 0.6 is 0 Å². The second-order valence-electron chi connectivity index (χ2n) is 1.78. The Labute approximate surface area is 68.5 Å². The highest BCUT2D eigenvalue weighted by atomic mass is 19.3. The zero-order chi connectivity index (χ0) is 10.6. The van der Waals surface area contributed by atoms with Gasteiger partial charge in [-0.15, -0.1) is 0 Å². The summed E-state index contributed by atoms with van der Waals surface area (Å²) in [5, 5.41) is 0. The van der Waals surface area contributed by atoms with Crippen LogP contribution in [0, 0.1) is 0 Å². The molecule has 3 nitrogen and oxygen atoms in total. The number of ether oxygens (including phenoxy) is 1. The molecule has 0 aliphatic carbocycles. The van der Waals surface area contributed by atoms with Crippen molar-refractivity contribution < 1.29 is 36.3 Å². The highest BCUT2D eigenvalue weighted by Crippen LogP contribution is 2.08. The molecule has 0 amide bonds. The van der Waals surface area contributed by atoms with Gasteiger partial charge in [0.05, 0.1) is 0 Å². The maximum atomic E-state index is 11.9. The van der Waals surface area contributed by atoms with Crippen molar-refractivity contribution in [1.82, 2.24) is 0 Å². The monoisotopic (exact) mass is 206 g/mol. The van der Waals surface area contributed by atoms with Crippen LogP contribution in [0.2, 0.25) is 0 Å². The quantitative estimate of drug-likeness (QED) is 0.392. The van der Waals surface area contributed by atoms with Crippen LogP contribution in [0.1, 0.15) is 0 Å². The average Bonchev–Trinajstić information content (AvgIpc) is 2.02. The number of carbonyl (C=O) groups excluding carboxylic acids is 2. The van der Waals surface area contributed by atoms with Crippen LogP contribution in [-0.2, 0) is 14.3 Å². The molecule has 0 saturated carbocycles. The van der Waals surface area contributed by atoms with Crippen LogP contribution in [0.3, 0.4) is 0 Å². The SMILES string of the molecule is O=C(OC(=O)C(F)C(F)F)C(F)F. The van der Waals surface area contributed by atoms with Crippen molar-refractivity contribution in [2.75, 3.05) is 0 Å². The summed E-state index contributed by atoms with van der Waals surface area (Å²) >= 11 is 0. The van der Waals surface area contributed by atoms with Crippen molar-refractivity contribution in [3.05, 3.63) is 0 Å². The molecule has 0 radical (unpaired) electrons. The Morgan fingerprint density at radius 1 is 0.923 bits per heavy atom. The molecule has 8 heteroatoms. The normalized spacial score (nSPS) is 13.2. The van der Waals surface area contributed by atoms with Gasteiger partial charge in [-0.1, -0.05) is 0 Å². The summed E-state index contributed by atoms with van der Waals surface area (Å²) in [5.74, 6) is -4.67. The van der Waals surface area contributed by atoms with E-state index in [-0.39, 0.29) is 0 Å². The van der Waals surface area contributed by atoms with Gasteiger partial charge in [-0.25, -0.2) is 22.8 Å². The number of hydrogen-bond acceptors (Lipinski definition) is 3. The summed E-state index contributed by atoms with van der Waals surface area (Å²) in [6, 6.07) is 0. The molecule has 0 N–H and O–H groups in total. The van der Waals surface area contributed by atoms with Crippen molar-refractivity contribution >= 4 is 11.9 Å². The molecule has 0 saturated heterocycles. The molecule has 0 aromatic heterocycles. The molecular formula is C5H3F5O3. The summed E-state index contributed by atoms with van der Waals surface area (Å²) in [4.78, 5) is 19.9. The second kappa shape index (κ2) is 4.73. The van der Waals surface area contributed by atoms with Crippen LogP contribution in [0.4, 0.5) is 22.0 Å². The Morgan fingerprint density at radius 3 is 1.69 bits per heavy atom. The van der Waals surface area contributed by atoms with Gasteiger partial charge in [0, 0.05) is 0 Å². The molecule has 0 bridgehead atoms. The fraction of sp³-hybridized carbons (Fsp3) is 0.600. The predicted octanol–water partition coefficient (Wildman–Crippen LogP) is 0.924. The molecular weight excluding hydrogens is 203 g/mol. The topological polar surface area (TPSA) is 43.4 Å². The number of hydrogen-bond donors (Lipinski definition) is 0. The van der Waals surface area contributed by atoms with E-state index in [0.717, 1.165) is 0 Å². The fourth-order valence-electron chi connectivity index (χ4n) is 0.303. The molecule has 0 spiro atoms. The zero-order valence-corrected chi connectivity index (χ0v) is 5.85. The van der Waals surface area contributed by atoms with E-state index in [9.17, 15) is 31.5 Å². The smallest absolute Gasteiger partial charge is 0.381 e. The van der Waals surface area contributed by atoms with Gasteiger partial charge in [-0.2, -0.15) is 8.78 Å². The molecule has 76 valence electrons. The lowest BCUT2D eigenvalue weighted by Crippen LogP contribution is -2.30. The van der Waals surface area contributed by atoms with Crippen molar-refractivity contribution in [3.63, 3.8) is 0 Å². The Bertz CT molecular complexity index is 204. The molecule has 1 unspecified atom stereocenters. The van der Waals surface area contributed by atoms with E-state index < -0.39 is 31.0 Å². The summed E-state index contributed by atoms with van der Waals surface area (Å²) in [6.45, 7) is 0. The lowest BCUT2D eigenvalue weighted by molar-refractivity contribution is -0.174. The lowest BCUT2D eigenvalue weighted by atomic mass is 10.4. The van der Waals surface area contributed by atoms with Crippen LogP contribution in [0.25, 0.3) is 0 Å². The van der Waals surface area contributed by atoms with Crippen molar-refractivity contribution in [1.29, 1.82) is 0 Å². The molecule has 0 aromatic carbocycles. The summed E-state index contributed by atoms with van der Waals surface area (Å²) in [6.07, 6.45) is -10.8. The van der Waals surface area contributed by atoms with Crippen molar-refractivity contribution in [2.24, 2.45) is 0 Å². The van der Waals surface area contributed by atoms with E-state index in [0.29, 0.717) is 0 Å². The first-order valence-electron chi connectivity index (χ1n) is 2.82. The summed E-state index contributed by atoms with van der Waals surface area (Å²) < 4.78 is 60.3. The minimum atomic E-state index is -3.71. The molecule has 0 rings (SSSR count). The van der Waals surface area contributed by atoms with Crippen LogP contribution in [0.5, 0.6) is 0 Å². The Kier molecular flexibility index (Phi) is 4.29. The number of halogens is 5. The van der Waals surface area contributed by atoms with Crippen molar-refractivity contribution in [2.45, 2.75) is 19.0 Å². The van der Waals surface area contributed by atoms with Gasteiger partial charge in [-0.05, 0) is 0 Å². The first-order valence-corrected chi connectivity index (χ1v) is 2.82. The molecule has 0 aromatic rings. The number of carbonyl (C=O) groups is 2. The van der Waals surface area contributed by atoms with Crippen molar-refractivity contribution in [3.8, 4) is 0 Å². The first kappa shape index (κ1) is 11.8. The average molecular weight is 206 g/mol. The molecule has 0 heterocycles. The van der Waals surface area contributed by atoms with E-state index in [2.05, 4.69) is 4.74 Å². The Hall–Kier alpha value is -1.21. The summed E-state index contributed by atoms with van der Waals surface area (Å²) in [5.41, 5.74) is 0. The minimum Gasteiger partial charge on any atom is -0.387 e. The molecule has 0 fully saturated rings. The molecule has 1 atom stereocenters. The third-order valence-corrected chi connectivity index (χ3v) is 0.826. The van der Waals surface area contributed by atoms with Gasteiger partial charge in [0.2, 0.25) is 0 Å².